The van der Waals surface area contributed by atoms with Crippen LogP contribution in [0.25, 0.3) is 0 Å². The molecule has 0 unspecified atom stereocenters. The number of carbonyl (C=O) groups excluding carboxylic acids is 3. The smallest absolute Gasteiger partial charge is 0.550 e. The molecule has 8 N–H and O–H groups in total. The van der Waals surface area contributed by atoms with Crippen LogP contribution in [0.3, 0.4) is 0 Å². The zero-order valence-electron chi connectivity index (χ0n) is 9.45. The maximum atomic E-state index is 8.89. The van der Waals surface area contributed by atoms with Crippen LogP contribution in [0.1, 0.15) is 20.8 Å². The second-order valence-corrected chi connectivity index (χ2v) is 1.47. The summed E-state index contributed by atoms with van der Waals surface area (Å²) in [7, 11) is 0. The molecule has 0 heterocycles. The summed E-state index contributed by atoms with van der Waals surface area (Å²) in [6.45, 7) is 2.92. The van der Waals surface area contributed by atoms with E-state index in [0.29, 0.717) is 0 Å². The fourth-order valence-corrected chi connectivity index (χ4v) is 0. The van der Waals surface area contributed by atoms with Gasteiger partial charge in [0.25, 0.3) is 0 Å². The molecule has 0 fully saturated rings. The van der Waals surface area contributed by atoms with Gasteiger partial charge in [0.2, 0.25) is 0 Å². The second-order valence-electron chi connectivity index (χ2n) is 1.47. The first-order chi connectivity index (χ1) is 5.20. The first kappa shape index (κ1) is 54.6. The van der Waals surface area contributed by atoms with Crippen molar-refractivity contribution in [3.8, 4) is 0 Å². The standard InChI is InChI=1S/3C2H4O2.Ce.4H2O/c3*1-2(3)4;;;;;/h3*1H3,(H,3,4);;4*1H2/q;;;+3;;;;/p-3. The molecule has 17 heavy (non-hydrogen) atoms. The Hall–Kier alpha value is -0.373. The largest absolute Gasteiger partial charge is 3.00 e. The Labute approximate surface area is 131 Å². The molecule has 0 atom stereocenters. The van der Waals surface area contributed by atoms with Gasteiger partial charge in [-0.05, 0) is 20.8 Å². The Balaban J connectivity index is -0.0000000104. The molecule has 0 aliphatic rings. The number of carbonyl (C=O) groups is 3. The molecule has 0 saturated heterocycles. The van der Waals surface area contributed by atoms with Crippen LogP contribution in [0, 0.1) is 41.7 Å². The summed E-state index contributed by atoms with van der Waals surface area (Å²) >= 11 is 0. The summed E-state index contributed by atoms with van der Waals surface area (Å²) in [5.41, 5.74) is 0. The van der Waals surface area contributed by atoms with Crippen molar-refractivity contribution in [2.75, 3.05) is 0 Å². The Morgan fingerprint density at radius 1 is 0.588 bits per heavy atom. The third-order valence-electron chi connectivity index (χ3n) is 0. The minimum atomic E-state index is -1.08. The van der Waals surface area contributed by atoms with Crippen LogP contribution in [0.15, 0.2) is 0 Å². The molecule has 0 bridgehead atoms. The van der Waals surface area contributed by atoms with Crippen LogP contribution < -0.4 is 15.3 Å². The number of hydrogen-bond acceptors (Lipinski definition) is 6. The molecule has 0 saturated carbocycles. The molecule has 105 valence electrons. The van der Waals surface area contributed by atoms with E-state index in [9.17, 15) is 0 Å². The minimum absolute atomic E-state index is 0. The van der Waals surface area contributed by atoms with Crippen molar-refractivity contribution < 1.29 is 93.4 Å². The molecular weight excluding hydrogens is 372 g/mol. The van der Waals surface area contributed by atoms with Crippen LogP contribution in [0.5, 0.6) is 0 Å². The van der Waals surface area contributed by atoms with E-state index in [1.54, 1.807) is 0 Å². The van der Waals surface area contributed by atoms with Gasteiger partial charge < -0.3 is 51.6 Å². The number of aliphatic carboxylic acids is 3. The summed E-state index contributed by atoms with van der Waals surface area (Å²) in [6.07, 6.45) is 0. The van der Waals surface area contributed by atoms with Gasteiger partial charge in [-0.3, -0.25) is 0 Å². The Bertz CT molecular complexity index is 118. The summed E-state index contributed by atoms with van der Waals surface area (Å²) in [6, 6.07) is 0. The average Bonchev–Trinajstić information content (AvgIpc) is 1.54. The predicted octanol–water partition coefficient (Wildman–Crippen LogP) is -7.03. The van der Waals surface area contributed by atoms with Crippen molar-refractivity contribution in [1.82, 2.24) is 0 Å². The van der Waals surface area contributed by atoms with Gasteiger partial charge in [0.1, 0.15) is 0 Å². The van der Waals surface area contributed by atoms with E-state index in [0.717, 1.165) is 20.8 Å². The summed E-state index contributed by atoms with van der Waals surface area (Å²) in [5.74, 6) is -3.25. The van der Waals surface area contributed by atoms with Crippen molar-refractivity contribution in [1.29, 1.82) is 0 Å². The molecule has 11 heteroatoms. The molecule has 0 aromatic rings. The van der Waals surface area contributed by atoms with Gasteiger partial charge in [-0.1, -0.05) is 0 Å². The predicted molar refractivity (Wildman–Crippen MR) is 46.5 cm³/mol. The van der Waals surface area contributed by atoms with Gasteiger partial charge in [-0.15, -0.1) is 0 Å². The SMILES string of the molecule is CC(=O)[O-].CC(=O)[O-].CC(=O)[O-].O.O.O.O.[Ce+3]. The topological polar surface area (TPSA) is 246 Å². The normalized spacial score (nSPS) is 4.41. The third-order valence-corrected chi connectivity index (χ3v) is 0. The van der Waals surface area contributed by atoms with Crippen molar-refractivity contribution >= 4 is 17.9 Å². The van der Waals surface area contributed by atoms with Gasteiger partial charge in [0.15, 0.2) is 0 Å². The van der Waals surface area contributed by atoms with Gasteiger partial charge >= 0.3 is 41.7 Å². The maximum Gasteiger partial charge on any atom is 3.00 e. The number of carboxylic acid groups (broad SMARTS) is 3. The third kappa shape index (κ3) is 20800. The summed E-state index contributed by atoms with van der Waals surface area (Å²) in [4.78, 5) is 26.7. The molecule has 0 aromatic heterocycles. The molecule has 0 aromatic carbocycles. The van der Waals surface area contributed by atoms with Crippen molar-refractivity contribution in [2.45, 2.75) is 20.8 Å². The second kappa shape index (κ2) is 44.9. The monoisotopic (exact) mass is 389 g/mol. The quantitative estimate of drug-likeness (QED) is 0.389. The van der Waals surface area contributed by atoms with Crippen molar-refractivity contribution in [2.24, 2.45) is 0 Å². The molecule has 0 spiro atoms. The van der Waals surface area contributed by atoms with E-state index < -0.39 is 17.9 Å². The van der Waals surface area contributed by atoms with Crippen LogP contribution in [-0.4, -0.2) is 39.8 Å². The molecule has 10 nitrogen and oxygen atoms in total. The molecule has 0 rings (SSSR count). The molecule has 1 radical (unpaired) electrons. The molecule has 0 aliphatic carbocycles. The van der Waals surface area contributed by atoms with Gasteiger partial charge in [-0.25, -0.2) is 0 Å². The Morgan fingerprint density at radius 2 is 0.588 bits per heavy atom. The first-order valence-corrected chi connectivity index (χ1v) is 2.72. The van der Waals surface area contributed by atoms with E-state index in [4.69, 9.17) is 29.7 Å². The number of rotatable bonds is 0. The van der Waals surface area contributed by atoms with Gasteiger partial charge in [-0.2, -0.15) is 0 Å². The van der Waals surface area contributed by atoms with Gasteiger partial charge in [0.05, 0.1) is 0 Å². The zero-order chi connectivity index (χ0) is 10.7. The Morgan fingerprint density at radius 3 is 0.588 bits per heavy atom. The maximum absolute atomic E-state index is 8.89. The first-order valence-electron chi connectivity index (χ1n) is 2.72. The van der Waals surface area contributed by atoms with Crippen LogP contribution in [-0.2, 0) is 14.4 Å². The summed E-state index contributed by atoms with van der Waals surface area (Å²) < 4.78 is 0. The average molecular weight is 389 g/mol. The van der Waals surface area contributed by atoms with E-state index in [2.05, 4.69) is 0 Å². The summed E-state index contributed by atoms with van der Waals surface area (Å²) in [5, 5.41) is 26.7. The minimum Gasteiger partial charge on any atom is -0.550 e. The number of carboxylic acids is 3. The molecule has 0 amide bonds. The van der Waals surface area contributed by atoms with Crippen LogP contribution in [0.2, 0.25) is 0 Å². The van der Waals surface area contributed by atoms with E-state index in [-0.39, 0.29) is 63.7 Å². The Kier molecular flexibility index (Phi) is 144. The molecule has 0 aliphatic heterocycles. The van der Waals surface area contributed by atoms with E-state index in [1.807, 2.05) is 0 Å². The fourth-order valence-electron chi connectivity index (χ4n) is 0. The number of hydrogen-bond donors (Lipinski definition) is 0. The van der Waals surface area contributed by atoms with E-state index >= 15 is 0 Å². The van der Waals surface area contributed by atoms with Crippen molar-refractivity contribution in [3.05, 3.63) is 0 Å². The molecular formula is C6H17CeO10. The van der Waals surface area contributed by atoms with Crippen LogP contribution in [0.4, 0.5) is 0 Å². The van der Waals surface area contributed by atoms with Crippen LogP contribution >= 0.6 is 0 Å². The fraction of sp³-hybridized carbons (Fsp3) is 0.500. The zero-order valence-corrected chi connectivity index (χ0v) is 12.6. The van der Waals surface area contributed by atoms with E-state index in [1.165, 1.54) is 0 Å². The van der Waals surface area contributed by atoms with Gasteiger partial charge in [0, 0.05) is 17.9 Å². The van der Waals surface area contributed by atoms with Crippen molar-refractivity contribution in [3.63, 3.8) is 0 Å².